The smallest absolute Gasteiger partial charge is 0.00897 e. The molecule has 1 aromatic carbocycles. The topological polar surface area (TPSA) is 0 Å². The average Bonchev–Trinajstić information content (AvgIpc) is 2.04. The molecule has 0 saturated carbocycles. The second-order valence-corrected chi connectivity index (χ2v) is 4.21. The highest BCUT2D eigenvalue weighted by Gasteiger charge is 2.26. The van der Waals surface area contributed by atoms with Crippen molar-refractivity contribution in [3.8, 4) is 0 Å². The van der Waals surface area contributed by atoms with Gasteiger partial charge in [0, 0.05) is 0 Å². The summed E-state index contributed by atoms with van der Waals surface area (Å²) < 4.78 is 0. The Kier molecular flexibility index (Phi) is 1.71. The molecule has 0 heterocycles. The highest BCUT2D eigenvalue weighted by molar-refractivity contribution is 5.40. The molecule has 0 fully saturated rings. The van der Waals surface area contributed by atoms with E-state index in [0.29, 0.717) is 5.41 Å². The van der Waals surface area contributed by atoms with Crippen LogP contribution >= 0.6 is 0 Å². The SMILES string of the molecule is CC1(C)CC[CH]c2ccccc21. The molecule has 0 bridgehead atoms. The molecule has 1 radical (unpaired) electrons. The Morgan fingerprint density at radius 3 is 2.67 bits per heavy atom. The lowest BCUT2D eigenvalue weighted by atomic mass is 9.73. The molecule has 1 aliphatic rings. The van der Waals surface area contributed by atoms with Crippen molar-refractivity contribution < 1.29 is 0 Å². The van der Waals surface area contributed by atoms with Gasteiger partial charge in [-0.1, -0.05) is 38.1 Å². The van der Waals surface area contributed by atoms with Gasteiger partial charge >= 0.3 is 0 Å². The fourth-order valence-corrected chi connectivity index (χ4v) is 2.01. The molecule has 0 nitrogen and oxygen atoms in total. The molecule has 1 aliphatic carbocycles. The van der Waals surface area contributed by atoms with Gasteiger partial charge in [-0.2, -0.15) is 0 Å². The molecule has 0 aliphatic heterocycles. The van der Waals surface area contributed by atoms with Crippen LogP contribution < -0.4 is 0 Å². The zero-order valence-electron chi connectivity index (χ0n) is 7.80. The first kappa shape index (κ1) is 7.85. The van der Waals surface area contributed by atoms with Crippen LogP contribution in [0.1, 0.15) is 37.8 Å². The Balaban J connectivity index is 2.52. The van der Waals surface area contributed by atoms with Crippen LogP contribution in [0.4, 0.5) is 0 Å². The van der Waals surface area contributed by atoms with Gasteiger partial charge in [0.05, 0.1) is 0 Å². The molecular formula is C12H15. The molecule has 12 heavy (non-hydrogen) atoms. The van der Waals surface area contributed by atoms with E-state index in [2.05, 4.69) is 44.5 Å². The van der Waals surface area contributed by atoms with Gasteiger partial charge in [0.15, 0.2) is 0 Å². The third-order valence-electron chi connectivity index (χ3n) is 2.82. The van der Waals surface area contributed by atoms with E-state index in [1.54, 1.807) is 0 Å². The van der Waals surface area contributed by atoms with Crippen LogP contribution in [0.2, 0.25) is 0 Å². The van der Waals surface area contributed by atoms with Crippen LogP contribution in [0, 0.1) is 6.42 Å². The van der Waals surface area contributed by atoms with Crippen LogP contribution in [-0.2, 0) is 5.41 Å². The van der Waals surface area contributed by atoms with Crippen LogP contribution in [0.25, 0.3) is 0 Å². The maximum atomic E-state index is 2.35. The summed E-state index contributed by atoms with van der Waals surface area (Å²) in [4.78, 5) is 0. The molecule has 0 unspecified atom stereocenters. The summed E-state index contributed by atoms with van der Waals surface area (Å²) >= 11 is 0. The van der Waals surface area contributed by atoms with Gasteiger partial charge in [-0.05, 0) is 35.8 Å². The minimum absolute atomic E-state index is 0.380. The number of fused-ring (bicyclic) bond motifs is 1. The second kappa shape index (κ2) is 2.62. The number of rotatable bonds is 0. The third-order valence-corrected chi connectivity index (χ3v) is 2.82. The lowest BCUT2D eigenvalue weighted by molar-refractivity contribution is 0.460. The normalized spacial score (nSPS) is 20.2. The molecule has 0 atom stereocenters. The van der Waals surface area contributed by atoms with Crippen LogP contribution in [-0.4, -0.2) is 0 Å². The molecule has 2 rings (SSSR count). The quantitative estimate of drug-likeness (QED) is 0.545. The third kappa shape index (κ3) is 1.16. The molecule has 0 N–H and O–H groups in total. The Hall–Kier alpha value is -0.780. The molecule has 1 aromatic rings. The van der Waals surface area contributed by atoms with Gasteiger partial charge in [0.1, 0.15) is 0 Å². The molecule has 0 saturated heterocycles. The van der Waals surface area contributed by atoms with Crippen molar-refractivity contribution in [1.82, 2.24) is 0 Å². The summed E-state index contributed by atoms with van der Waals surface area (Å²) in [5.41, 5.74) is 3.33. The van der Waals surface area contributed by atoms with Crippen molar-refractivity contribution in [3.63, 3.8) is 0 Å². The van der Waals surface area contributed by atoms with E-state index in [4.69, 9.17) is 0 Å². The minimum atomic E-state index is 0.380. The zero-order chi connectivity index (χ0) is 8.60. The van der Waals surface area contributed by atoms with E-state index < -0.39 is 0 Å². The van der Waals surface area contributed by atoms with Crippen molar-refractivity contribution >= 4 is 0 Å². The molecule has 0 heteroatoms. The Bertz CT molecular complexity index is 284. The van der Waals surface area contributed by atoms with Gasteiger partial charge in [0.25, 0.3) is 0 Å². The largest absolute Gasteiger partial charge is 0.0620 e. The molecule has 0 aromatic heterocycles. The first-order valence-corrected chi connectivity index (χ1v) is 4.63. The van der Waals surface area contributed by atoms with Gasteiger partial charge in [-0.3, -0.25) is 0 Å². The highest BCUT2D eigenvalue weighted by Crippen LogP contribution is 2.36. The molecule has 0 spiro atoms. The Morgan fingerprint density at radius 1 is 1.17 bits per heavy atom. The summed E-state index contributed by atoms with van der Waals surface area (Å²) in [6, 6.07) is 8.73. The predicted octanol–water partition coefficient (Wildman–Crippen LogP) is 3.31. The molecular weight excluding hydrogens is 144 g/mol. The van der Waals surface area contributed by atoms with Crippen LogP contribution in [0.5, 0.6) is 0 Å². The molecule has 63 valence electrons. The Morgan fingerprint density at radius 2 is 1.92 bits per heavy atom. The van der Waals surface area contributed by atoms with E-state index in [0.717, 1.165) is 0 Å². The first-order chi connectivity index (χ1) is 5.70. The predicted molar refractivity (Wildman–Crippen MR) is 52.1 cm³/mol. The minimum Gasteiger partial charge on any atom is -0.0620 e. The monoisotopic (exact) mass is 159 g/mol. The van der Waals surface area contributed by atoms with Gasteiger partial charge in [-0.25, -0.2) is 0 Å². The number of hydrogen-bond acceptors (Lipinski definition) is 0. The van der Waals surface area contributed by atoms with Gasteiger partial charge in [0.2, 0.25) is 0 Å². The van der Waals surface area contributed by atoms with E-state index in [1.807, 2.05) is 0 Å². The maximum Gasteiger partial charge on any atom is -0.00897 e. The number of hydrogen-bond donors (Lipinski definition) is 0. The number of benzene rings is 1. The van der Waals surface area contributed by atoms with E-state index >= 15 is 0 Å². The summed E-state index contributed by atoms with van der Waals surface area (Å²) in [5, 5.41) is 0. The summed E-state index contributed by atoms with van der Waals surface area (Å²) in [7, 11) is 0. The van der Waals surface area contributed by atoms with Crippen molar-refractivity contribution in [3.05, 3.63) is 41.8 Å². The average molecular weight is 159 g/mol. The van der Waals surface area contributed by atoms with Gasteiger partial charge in [-0.15, -0.1) is 0 Å². The fraction of sp³-hybridized carbons (Fsp3) is 0.417. The summed E-state index contributed by atoms with van der Waals surface area (Å²) in [6.07, 6.45) is 4.86. The lowest BCUT2D eigenvalue weighted by Gasteiger charge is -2.32. The fourth-order valence-electron chi connectivity index (χ4n) is 2.01. The molecule has 0 amide bonds. The Labute approximate surface area is 74.6 Å². The second-order valence-electron chi connectivity index (χ2n) is 4.21. The highest BCUT2D eigenvalue weighted by atomic mass is 14.3. The summed E-state index contributed by atoms with van der Waals surface area (Å²) in [6.45, 7) is 4.66. The standard InChI is InChI=1S/C12H15/c1-12(2)9-5-7-10-6-3-4-8-11(10)12/h3-4,6-8H,5,9H2,1-2H3. The van der Waals surface area contributed by atoms with E-state index in [1.165, 1.54) is 24.0 Å². The van der Waals surface area contributed by atoms with Crippen molar-refractivity contribution in [2.45, 2.75) is 32.1 Å². The zero-order valence-corrected chi connectivity index (χ0v) is 7.80. The lowest BCUT2D eigenvalue weighted by Crippen LogP contribution is -2.22. The summed E-state index contributed by atoms with van der Waals surface area (Å²) in [5.74, 6) is 0. The van der Waals surface area contributed by atoms with Crippen molar-refractivity contribution in [1.29, 1.82) is 0 Å². The van der Waals surface area contributed by atoms with E-state index in [-0.39, 0.29) is 0 Å². The van der Waals surface area contributed by atoms with E-state index in [9.17, 15) is 0 Å². The first-order valence-electron chi connectivity index (χ1n) is 4.63. The van der Waals surface area contributed by atoms with Crippen molar-refractivity contribution in [2.24, 2.45) is 0 Å². The van der Waals surface area contributed by atoms with Gasteiger partial charge < -0.3 is 0 Å². The van der Waals surface area contributed by atoms with Crippen LogP contribution in [0.15, 0.2) is 24.3 Å². The van der Waals surface area contributed by atoms with Crippen LogP contribution in [0.3, 0.4) is 0 Å². The van der Waals surface area contributed by atoms with Crippen molar-refractivity contribution in [2.75, 3.05) is 0 Å². The maximum absolute atomic E-state index is 2.35.